The molecule has 0 aromatic carbocycles. The van der Waals surface area contributed by atoms with Gasteiger partial charge in [-0.25, -0.2) is 0 Å². The van der Waals surface area contributed by atoms with Crippen molar-refractivity contribution in [3.63, 3.8) is 0 Å². The van der Waals surface area contributed by atoms with Gasteiger partial charge >= 0.3 is 0 Å². The zero-order valence-electron chi connectivity index (χ0n) is 12.4. The summed E-state index contributed by atoms with van der Waals surface area (Å²) in [5.74, 6) is -0.174. The number of carbonyl (C=O) groups excluding carboxylic acids is 2. The molecular weight excluding hydrogens is 268 g/mol. The highest BCUT2D eigenvalue weighted by Gasteiger charge is 2.31. The summed E-state index contributed by atoms with van der Waals surface area (Å²) >= 11 is 0. The molecular formula is C15H20N4O2. The Hall–Kier alpha value is -1.95. The Balaban J connectivity index is 1.77. The predicted molar refractivity (Wildman–Crippen MR) is 77.6 cm³/mol. The van der Waals surface area contributed by atoms with Crippen molar-refractivity contribution in [1.82, 2.24) is 20.1 Å². The Morgan fingerprint density at radius 1 is 1.48 bits per heavy atom. The molecule has 3 heterocycles. The summed E-state index contributed by atoms with van der Waals surface area (Å²) in [5, 5.41) is 3.41. The van der Waals surface area contributed by atoms with E-state index in [1.165, 1.54) is 4.90 Å². The van der Waals surface area contributed by atoms with Gasteiger partial charge in [-0.15, -0.1) is 0 Å². The summed E-state index contributed by atoms with van der Waals surface area (Å²) in [7, 11) is 3.39. The number of carbonyl (C=O) groups is 2. The molecule has 0 radical (unpaired) electrons. The Labute approximate surface area is 124 Å². The van der Waals surface area contributed by atoms with E-state index in [2.05, 4.69) is 10.3 Å². The van der Waals surface area contributed by atoms with Crippen molar-refractivity contribution in [2.45, 2.75) is 25.4 Å². The normalized spacial score (nSPS) is 20.8. The molecule has 2 amide bonds. The molecule has 2 aliphatic heterocycles. The van der Waals surface area contributed by atoms with E-state index in [9.17, 15) is 9.59 Å². The van der Waals surface area contributed by atoms with Gasteiger partial charge in [-0.05, 0) is 31.5 Å². The molecule has 3 rings (SSSR count). The lowest BCUT2D eigenvalue weighted by atomic mass is 10.1. The van der Waals surface area contributed by atoms with Crippen LogP contribution < -0.4 is 5.32 Å². The van der Waals surface area contributed by atoms with Crippen LogP contribution in [-0.4, -0.2) is 53.8 Å². The van der Waals surface area contributed by atoms with Gasteiger partial charge in [0, 0.05) is 20.1 Å². The Morgan fingerprint density at radius 3 is 2.95 bits per heavy atom. The first-order chi connectivity index (χ1) is 10.1. The summed E-state index contributed by atoms with van der Waals surface area (Å²) in [6.45, 7) is 1.55. The van der Waals surface area contributed by atoms with Gasteiger partial charge in [-0.2, -0.15) is 0 Å². The van der Waals surface area contributed by atoms with E-state index < -0.39 is 0 Å². The van der Waals surface area contributed by atoms with Crippen LogP contribution in [0.5, 0.6) is 0 Å². The first-order valence-corrected chi connectivity index (χ1v) is 7.29. The number of pyridine rings is 1. The quantitative estimate of drug-likeness (QED) is 0.882. The van der Waals surface area contributed by atoms with Gasteiger partial charge in [0.05, 0.1) is 23.5 Å². The van der Waals surface area contributed by atoms with E-state index in [-0.39, 0.29) is 18.4 Å². The zero-order chi connectivity index (χ0) is 15.0. The third-order valence-corrected chi connectivity index (χ3v) is 4.10. The highest BCUT2D eigenvalue weighted by Crippen LogP contribution is 2.26. The van der Waals surface area contributed by atoms with Crippen LogP contribution in [0, 0.1) is 0 Å². The number of nitrogens with zero attached hydrogens (tertiary/aromatic N) is 3. The van der Waals surface area contributed by atoms with Crippen molar-refractivity contribution < 1.29 is 9.59 Å². The van der Waals surface area contributed by atoms with Crippen molar-refractivity contribution >= 4 is 11.8 Å². The van der Waals surface area contributed by atoms with Gasteiger partial charge in [0.25, 0.3) is 5.91 Å². The molecule has 0 spiro atoms. The van der Waals surface area contributed by atoms with Crippen molar-refractivity contribution in [2.75, 3.05) is 27.2 Å². The van der Waals surface area contributed by atoms with Gasteiger partial charge in [0.1, 0.15) is 6.54 Å². The molecule has 0 saturated carbocycles. The highest BCUT2D eigenvalue weighted by molar-refractivity contribution is 5.99. The minimum Gasteiger partial charge on any atom is -0.347 e. The molecule has 1 saturated heterocycles. The number of hydrogen-bond acceptors (Lipinski definition) is 4. The minimum atomic E-state index is -0.0985. The van der Waals surface area contributed by atoms with Gasteiger partial charge in [0.2, 0.25) is 5.91 Å². The monoisotopic (exact) mass is 288 g/mol. The molecule has 0 unspecified atom stereocenters. The van der Waals surface area contributed by atoms with Crippen LogP contribution in [0.4, 0.5) is 0 Å². The highest BCUT2D eigenvalue weighted by atomic mass is 16.2. The molecule has 1 N–H and O–H groups in total. The maximum absolute atomic E-state index is 12.3. The third-order valence-electron chi connectivity index (χ3n) is 4.10. The van der Waals surface area contributed by atoms with E-state index in [0.29, 0.717) is 18.2 Å². The number of nitrogens with one attached hydrogen (secondary N) is 1. The average molecular weight is 288 g/mol. The molecule has 6 heteroatoms. The topological polar surface area (TPSA) is 65.5 Å². The SMILES string of the molecule is CN(C)C(=O)CN1Cc2nc([C@@H]3CCCN3)ccc2C1=O. The van der Waals surface area contributed by atoms with Gasteiger partial charge in [-0.3, -0.25) is 14.6 Å². The summed E-state index contributed by atoms with van der Waals surface area (Å²) in [6, 6.07) is 4.07. The second kappa shape index (κ2) is 5.44. The lowest BCUT2D eigenvalue weighted by Gasteiger charge is -2.17. The maximum atomic E-state index is 12.3. The van der Waals surface area contributed by atoms with E-state index in [1.54, 1.807) is 19.0 Å². The van der Waals surface area contributed by atoms with Crippen molar-refractivity contribution in [3.05, 3.63) is 29.1 Å². The largest absolute Gasteiger partial charge is 0.347 e. The lowest BCUT2D eigenvalue weighted by molar-refractivity contribution is -0.129. The van der Waals surface area contributed by atoms with Crippen LogP contribution >= 0.6 is 0 Å². The Bertz CT molecular complexity index is 579. The fourth-order valence-electron chi connectivity index (χ4n) is 2.82. The molecule has 0 aliphatic carbocycles. The standard InChI is InChI=1S/C15H20N4O2/c1-18(2)14(20)9-19-8-13-10(15(19)21)5-6-12(17-13)11-4-3-7-16-11/h5-6,11,16H,3-4,7-9H2,1-2H3/t11-/m0/s1. The van der Waals surface area contributed by atoms with Crippen LogP contribution in [0.25, 0.3) is 0 Å². The number of fused-ring (bicyclic) bond motifs is 1. The van der Waals surface area contributed by atoms with Crippen molar-refractivity contribution in [1.29, 1.82) is 0 Å². The zero-order valence-corrected chi connectivity index (χ0v) is 12.4. The molecule has 1 atom stereocenters. The first-order valence-electron chi connectivity index (χ1n) is 7.29. The second-order valence-corrected chi connectivity index (χ2v) is 5.83. The van der Waals surface area contributed by atoms with Crippen molar-refractivity contribution in [2.24, 2.45) is 0 Å². The molecule has 21 heavy (non-hydrogen) atoms. The number of likely N-dealkylation sites (N-methyl/N-ethyl adjacent to an activating group) is 1. The molecule has 0 bridgehead atoms. The fourth-order valence-corrected chi connectivity index (χ4v) is 2.82. The molecule has 6 nitrogen and oxygen atoms in total. The van der Waals surface area contributed by atoms with Gasteiger partial charge in [-0.1, -0.05) is 0 Å². The van der Waals surface area contributed by atoms with Gasteiger partial charge < -0.3 is 15.1 Å². The van der Waals surface area contributed by atoms with Crippen LogP contribution in [-0.2, 0) is 11.3 Å². The Kier molecular flexibility index (Phi) is 3.63. The third kappa shape index (κ3) is 2.63. The molecule has 2 aliphatic rings. The van der Waals surface area contributed by atoms with E-state index >= 15 is 0 Å². The Morgan fingerprint density at radius 2 is 2.29 bits per heavy atom. The van der Waals surface area contributed by atoms with Crippen LogP contribution in [0.2, 0.25) is 0 Å². The maximum Gasteiger partial charge on any atom is 0.256 e. The van der Waals surface area contributed by atoms with Gasteiger partial charge in [0.15, 0.2) is 0 Å². The number of aromatic nitrogens is 1. The van der Waals surface area contributed by atoms with Crippen LogP contribution in [0.1, 0.15) is 40.6 Å². The van der Waals surface area contributed by atoms with Crippen LogP contribution in [0.15, 0.2) is 12.1 Å². The predicted octanol–water partition coefficient (Wildman–Crippen LogP) is 0.550. The fraction of sp³-hybridized carbons (Fsp3) is 0.533. The minimum absolute atomic E-state index is 0.0751. The molecule has 112 valence electrons. The van der Waals surface area contributed by atoms with E-state index in [4.69, 9.17) is 0 Å². The second-order valence-electron chi connectivity index (χ2n) is 5.83. The number of hydrogen-bond donors (Lipinski definition) is 1. The molecule has 1 aromatic rings. The average Bonchev–Trinajstić information content (AvgIpc) is 3.08. The van der Waals surface area contributed by atoms with Crippen molar-refractivity contribution in [3.8, 4) is 0 Å². The molecule has 1 aromatic heterocycles. The summed E-state index contributed by atoms with van der Waals surface area (Å²) < 4.78 is 0. The first kappa shape index (κ1) is 14.0. The summed E-state index contributed by atoms with van der Waals surface area (Å²) in [4.78, 5) is 31.8. The number of rotatable bonds is 3. The summed E-state index contributed by atoms with van der Waals surface area (Å²) in [6.07, 6.45) is 2.24. The molecule has 1 fully saturated rings. The van der Waals surface area contributed by atoms with E-state index in [1.807, 2.05) is 12.1 Å². The smallest absolute Gasteiger partial charge is 0.256 e. The number of amides is 2. The van der Waals surface area contributed by atoms with E-state index in [0.717, 1.165) is 30.8 Å². The van der Waals surface area contributed by atoms with Crippen LogP contribution in [0.3, 0.4) is 0 Å². The lowest BCUT2D eigenvalue weighted by Crippen LogP contribution is -2.36. The summed E-state index contributed by atoms with van der Waals surface area (Å²) in [5.41, 5.74) is 2.42.